The molecule has 0 saturated heterocycles. The van der Waals surface area contributed by atoms with Crippen molar-refractivity contribution in [3.63, 3.8) is 0 Å². The summed E-state index contributed by atoms with van der Waals surface area (Å²) in [5.41, 5.74) is 1.63. The molecule has 0 saturated carbocycles. The van der Waals surface area contributed by atoms with E-state index < -0.39 is 0 Å². The molecule has 0 aliphatic heterocycles. The second kappa shape index (κ2) is 9.13. The maximum Gasteiger partial charge on any atom is 0.314 e. The largest absolute Gasteiger partial charge is 0.490 e. The van der Waals surface area contributed by atoms with Gasteiger partial charge in [-0.25, -0.2) is 9.18 Å². The molecule has 0 aromatic heterocycles. The Labute approximate surface area is 146 Å². The second-order valence-corrected chi connectivity index (χ2v) is 5.71. The van der Waals surface area contributed by atoms with Crippen LogP contribution in [0.1, 0.15) is 11.1 Å². The van der Waals surface area contributed by atoms with Crippen LogP contribution in [0.5, 0.6) is 5.75 Å². The minimum absolute atomic E-state index is 0.261. The summed E-state index contributed by atoms with van der Waals surface area (Å²) in [7, 11) is 0. The van der Waals surface area contributed by atoms with Gasteiger partial charge in [-0.15, -0.1) is 0 Å². The van der Waals surface area contributed by atoms with Gasteiger partial charge in [-0.1, -0.05) is 35.9 Å². The fourth-order valence-corrected chi connectivity index (χ4v) is 2.29. The van der Waals surface area contributed by atoms with Crippen LogP contribution >= 0.6 is 11.6 Å². The van der Waals surface area contributed by atoms with Gasteiger partial charge in [0.1, 0.15) is 18.2 Å². The van der Waals surface area contributed by atoms with Gasteiger partial charge in [0, 0.05) is 6.54 Å². The molecule has 0 radical (unpaired) electrons. The van der Waals surface area contributed by atoms with E-state index in [1.807, 2.05) is 19.1 Å². The van der Waals surface area contributed by atoms with E-state index in [1.54, 1.807) is 24.3 Å². The van der Waals surface area contributed by atoms with Crippen LogP contribution in [0, 0.1) is 12.7 Å². The number of urea groups is 1. The summed E-state index contributed by atoms with van der Waals surface area (Å²) in [5, 5.41) is 5.89. The molecule has 128 valence electrons. The number of hydrogen-bond donors (Lipinski definition) is 2. The summed E-state index contributed by atoms with van der Waals surface area (Å²) in [6.07, 6.45) is 0.440. The average Bonchev–Trinajstić information content (AvgIpc) is 2.56. The third-order valence-electron chi connectivity index (χ3n) is 3.37. The number of nitrogens with one attached hydrogen (secondary N) is 2. The Morgan fingerprint density at radius 1 is 1.17 bits per heavy atom. The maximum absolute atomic E-state index is 13.4. The van der Waals surface area contributed by atoms with Gasteiger partial charge < -0.3 is 15.4 Å². The van der Waals surface area contributed by atoms with Gasteiger partial charge in [0.2, 0.25) is 0 Å². The summed E-state index contributed by atoms with van der Waals surface area (Å²) >= 11 is 6.02. The third-order valence-corrected chi connectivity index (χ3v) is 3.68. The molecule has 0 fully saturated rings. The lowest BCUT2D eigenvalue weighted by Gasteiger charge is -2.10. The van der Waals surface area contributed by atoms with Crippen molar-refractivity contribution in [1.82, 2.24) is 10.6 Å². The van der Waals surface area contributed by atoms with Gasteiger partial charge in [-0.2, -0.15) is 0 Å². The highest BCUT2D eigenvalue weighted by Crippen LogP contribution is 2.24. The van der Waals surface area contributed by atoms with E-state index in [-0.39, 0.29) is 11.8 Å². The fourth-order valence-electron chi connectivity index (χ4n) is 2.12. The quantitative estimate of drug-likeness (QED) is 0.748. The fraction of sp³-hybridized carbons (Fsp3) is 0.278. The molecule has 2 amide bonds. The van der Waals surface area contributed by atoms with E-state index in [0.717, 1.165) is 5.56 Å². The number of aryl methyl sites for hydroxylation is 1. The molecule has 0 aliphatic rings. The van der Waals surface area contributed by atoms with Gasteiger partial charge in [-0.3, -0.25) is 0 Å². The first-order valence-electron chi connectivity index (χ1n) is 7.70. The standard InChI is InChI=1S/C18H20ClFN2O2/c1-13-6-7-15(19)17(12-13)24-11-10-22-18(23)21-9-8-14-4-2-3-5-16(14)20/h2-7,12H,8-11H2,1H3,(H2,21,22,23). The van der Waals surface area contributed by atoms with Crippen LogP contribution in [0.3, 0.4) is 0 Å². The molecule has 2 aromatic rings. The number of ether oxygens (including phenoxy) is 1. The number of rotatable bonds is 7. The highest BCUT2D eigenvalue weighted by atomic mass is 35.5. The Morgan fingerprint density at radius 3 is 2.71 bits per heavy atom. The van der Waals surface area contributed by atoms with Crippen molar-refractivity contribution in [2.24, 2.45) is 0 Å². The predicted octanol–water partition coefficient (Wildman–Crippen LogP) is 3.71. The Kier molecular flexibility index (Phi) is 6.88. The molecule has 0 spiro atoms. The zero-order chi connectivity index (χ0) is 17.4. The molecule has 4 nitrogen and oxygen atoms in total. The first kappa shape index (κ1) is 18.1. The SMILES string of the molecule is Cc1ccc(Cl)c(OCCNC(=O)NCCc2ccccc2F)c1. The van der Waals surface area contributed by atoms with Crippen molar-refractivity contribution in [1.29, 1.82) is 0 Å². The van der Waals surface area contributed by atoms with Crippen LogP contribution < -0.4 is 15.4 Å². The maximum atomic E-state index is 13.4. The van der Waals surface area contributed by atoms with Crippen molar-refractivity contribution in [2.45, 2.75) is 13.3 Å². The molecule has 2 N–H and O–H groups in total. The van der Waals surface area contributed by atoms with E-state index in [0.29, 0.717) is 42.5 Å². The van der Waals surface area contributed by atoms with Crippen LogP contribution in [0.25, 0.3) is 0 Å². The van der Waals surface area contributed by atoms with Crippen molar-refractivity contribution in [2.75, 3.05) is 19.7 Å². The minimum atomic E-state index is -0.315. The number of benzene rings is 2. The number of amides is 2. The number of halogens is 2. The van der Waals surface area contributed by atoms with E-state index in [2.05, 4.69) is 10.6 Å². The van der Waals surface area contributed by atoms with Crippen LogP contribution in [0.2, 0.25) is 5.02 Å². The molecule has 0 bridgehead atoms. The van der Waals surface area contributed by atoms with Gasteiger partial charge in [0.15, 0.2) is 0 Å². The lowest BCUT2D eigenvalue weighted by atomic mass is 10.1. The number of hydrogen-bond acceptors (Lipinski definition) is 2. The molecular weight excluding hydrogens is 331 g/mol. The number of carbonyl (C=O) groups is 1. The summed E-state index contributed by atoms with van der Waals surface area (Å²) in [4.78, 5) is 11.7. The summed E-state index contributed by atoms with van der Waals surface area (Å²) in [5.74, 6) is 0.335. The summed E-state index contributed by atoms with van der Waals surface area (Å²) in [6, 6.07) is 11.7. The predicted molar refractivity (Wildman–Crippen MR) is 93.2 cm³/mol. The van der Waals surface area contributed by atoms with E-state index >= 15 is 0 Å². The van der Waals surface area contributed by atoms with Crippen molar-refractivity contribution in [3.8, 4) is 5.75 Å². The van der Waals surface area contributed by atoms with Crippen LogP contribution in [0.15, 0.2) is 42.5 Å². The molecule has 6 heteroatoms. The monoisotopic (exact) mass is 350 g/mol. The topological polar surface area (TPSA) is 50.4 Å². The Balaban J connectivity index is 1.63. The number of carbonyl (C=O) groups excluding carboxylic acids is 1. The molecule has 0 aliphatic carbocycles. The molecular formula is C18H20ClFN2O2. The van der Waals surface area contributed by atoms with Crippen molar-refractivity contribution < 1.29 is 13.9 Å². The third kappa shape index (κ3) is 5.74. The molecule has 0 atom stereocenters. The highest BCUT2D eigenvalue weighted by molar-refractivity contribution is 6.32. The van der Waals surface area contributed by atoms with Gasteiger partial charge in [0.25, 0.3) is 0 Å². The lowest BCUT2D eigenvalue weighted by Crippen LogP contribution is -2.38. The summed E-state index contributed by atoms with van der Waals surface area (Å²) < 4.78 is 19.0. The van der Waals surface area contributed by atoms with Crippen LogP contribution in [0.4, 0.5) is 9.18 Å². The molecule has 24 heavy (non-hydrogen) atoms. The van der Waals surface area contributed by atoms with Gasteiger partial charge >= 0.3 is 6.03 Å². The van der Waals surface area contributed by atoms with Crippen molar-refractivity contribution in [3.05, 3.63) is 64.4 Å². The molecule has 0 unspecified atom stereocenters. The first-order valence-corrected chi connectivity index (χ1v) is 8.08. The average molecular weight is 351 g/mol. The molecule has 2 aromatic carbocycles. The smallest absolute Gasteiger partial charge is 0.314 e. The van der Waals surface area contributed by atoms with E-state index in [1.165, 1.54) is 6.07 Å². The molecule has 0 heterocycles. The normalized spacial score (nSPS) is 10.3. The zero-order valence-corrected chi connectivity index (χ0v) is 14.2. The Bertz CT molecular complexity index is 694. The van der Waals surface area contributed by atoms with Gasteiger partial charge in [-0.05, 0) is 42.7 Å². The van der Waals surface area contributed by atoms with Crippen LogP contribution in [-0.2, 0) is 6.42 Å². The Morgan fingerprint density at radius 2 is 1.92 bits per heavy atom. The zero-order valence-electron chi connectivity index (χ0n) is 13.4. The van der Waals surface area contributed by atoms with Crippen LogP contribution in [-0.4, -0.2) is 25.7 Å². The summed E-state index contributed by atoms with van der Waals surface area (Å²) in [6.45, 7) is 2.96. The second-order valence-electron chi connectivity index (χ2n) is 5.31. The van der Waals surface area contributed by atoms with E-state index in [9.17, 15) is 9.18 Å². The van der Waals surface area contributed by atoms with Crippen molar-refractivity contribution >= 4 is 17.6 Å². The van der Waals surface area contributed by atoms with Gasteiger partial charge in [0.05, 0.1) is 11.6 Å². The minimum Gasteiger partial charge on any atom is -0.490 e. The lowest BCUT2D eigenvalue weighted by molar-refractivity contribution is 0.236. The first-order chi connectivity index (χ1) is 11.6. The molecule has 2 rings (SSSR count). The highest BCUT2D eigenvalue weighted by Gasteiger charge is 2.04. The van der Waals surface area contributed by atoms with E-state index in [4.69, 9.17) is 16.3 Å². The Hall–Kier alpha value is -2.27.